The molecule has 0 unspecified atom stereocenters. The second kappa shape index (κ2) is 6.71. The van der Waals surface area contributed by atoms with E-state index in [1.807, 2.05) is 36.4 Å². The number of ether oxygens (including phenoxy) is 2. The van der Waals surface area contributed by atoms with Crippen LogP contribution in [0.4, 0.5) is 5.69 Å². The Morgan fingerprint density at radius 3 is 2.54 bits per heavy atom. The first-order valence-corrected chi connectivity index (χ1v) is 9.56. The summed E-state index contributed by atoms with van der Waals surface area (Å²) in [6.45, 7) is 0. The van der Waals surface area contributed by atoms with Gasteiger partial charge in [0, 0.05) is 36.2 Å². The molecule has 1 aliphatic carbocycles. The maximum atomic E-state index is 12.5. The van der Waals surface area contributed by atoms with Crippen LogP contribution in [-0.2, 0) is 0 Å². The molecule has 0 saturated heterocycles. The quantitative estimate of drug-likeness (QED) is 0.694. The van der Waals surface area contributed by atoms with Crippen LogP contribution in [0.5, 0.6) is 11.5 Å². The molecule has 6 heteroatoms. The van der Waals surface area contributed by atoms with Gasteiger partial charge in [0.1, 0.15) is 5.69 Å². The number of fused-ring (bicyclic) bond motifs is 1. The van der Waals surface area contributed by atoms with Crippen LogP contribution in [0.25, 0.3) is 11.3 Å². The first-order chi connectivity index (χ1) is 13.7. The Morgan fingerprint density at radius 1 is 0.929 bits per heavy atom. The zero-order valence-corrected chi connectivity index (χ0v) is 15.3. The first kappa shape index (κ1) is 16.9. The van der Waals surface area contributed by atoms with Crippen LogP contribution >= 0.6 is 0 Å². The minimum Gasteiger partial charge on any atom is -0.448 e. The number of nitrogens with one attached hydrogen (secondary N) is 1. The summed E-state index contributed by atoms with van der Waals surface area (Å²) < 4.78 is 17.4. The highest BCUT2D eigenvalue weighted by atomic mass is 16.7. The Bertz CT molecular complexity index is 1010. The standard InChI is InChI=1S/C22H20N2O4/c25-21(20-14-17(24-28-20)15-7-3-1-4-8-15)23-16-9-10-18-19(13-16)27-22(26-18)11-5-2-6-12-22/h1,3-4,7-10,13-14H,2,5-6,11-12H2,(H,23,25). The molecule has 1 aromatic heterocycles. The van der Waals surface area contributed by atoms with Crippen molar-refractivity contribution in [3.05, 3.63) is 60.4 Å². The van der Waals surface area contributed by atoms with Crippen LogP contribution in [0.3, 0.4) is 0 Å². The fraction of sp³-hybridized carbons (Fsp3) is 0.273. The number of rotatable bonds is 3. The molecule has 2 heterocycles. The van der Waals surface area contributed by atoms with Gasteiger partial charge < -0.3 is 19.3 Å². The molecule has 3 aromatic rings. The molecule has 2 aliphatic rings. The Balaban J connectivity index is 1.31. The molecule has 1 amide bonds. The molecule has 1 fully saturated rings. The molecule has 1 saturated carbocycles. The van der Waals surface area contributed by atoms with Gasteiger partial charge in [0.25, 0.3) is 11.7 Å². The maximum Gasteiger partial charge on any atom is 0.294 e. The highest BCUT2D eigenvalue weighted by Gasteiger charge is 2.42. The van der Waals surface area contributed by atoms with Crippen LogP contribution in [0.1, 0.15) is 42.7 Å². The summed E-state index contributed by atoms with van der Waals surface area (Å²) in [5.41, 5.74) is 2.14. The third kappa shape index (κ3) is 3.11. The summed E-state index contributed by atoms with van der Waals surface area (Å²) in [4.78, 5) is 12.5. The maximum absolute atomic E-state index is 12.5. The van der Waals surface area contributed by atoms with Crippen molar-refractivity contribution in [1.29, 1.82) is 0 Å². The number of amides is 1. The second-order valence-corrected chi connectivity index (χ2v) is 7.23. The summed E-state index contributed by atoms with van der Waals surface area (Å²) >= 11 is 0. The van der Waals surface area contributed by atoms with E-state index in [2.05, 4.69) is 10.5 Å². The van der Waals surface area contributed by atoms with E-state index in [-0.39, 0.29) is 11.7 Å². The van der Waals surface area contributed by atoms with Crippen molar-refractivity contribution in [1.82, 2.24) is 5.16 Å². The van der Waals surface area contributed by atoms with Gasteiger partial charge in [0.05, 0.1) is 0 Å². The molecule has 6 nitrogen and oxygen atoms in total. The zero-order chi connectivity index (χ0) is 19.0. The summed E-state index contributed by atoms with van der Waals surface area (Å²) in [6, 6.07) is 16.6. The van der Waals surface area contributed by atoms with Crippen LogP contribution in [0.2, 0.25) is 0 Å². The first-order valence-electron chi connectivity index (χ1n) is 9.56. The molecular weight excluding hydrogens is 356 g/mol. The van der Waals surface area contributed by atoms with Crippen LogP contribution < -0.4 is 14.8 Å². The topological polar surface area (TPSA) is 73.6 Å². The number of hydrogen-bond acceptors (Lipinski definition) is 5. The van der Waals surface area contributed by atoms with E-state index in [4.69, 9.17) is 14.0 Å². The van der Waals surface area contributed by atoms with Gasteiger partial charge in [-0.15, -0.1) is 0 Å². The molecule has 5 rings (SSSR count). The van der Waals surface area contributed by atoms with Crippen LogP contribution in [-0.4, -0.2) is 16.9 Å². The van der Waals surface area contributed by atoms with Crippen molar-refractivity contribution in [2.75, 3.05) is 5.32 Å². The SMILES string of the molecule is O=C(Nc1ccc2c(c1)OC1(CCCCC1)O2)c1cc(-c2ccccc2)no1. The van der Waals surface area contributed by atoms with E-state index in [1.165, 1.54) is 6.42 Å². The van der Waals surface area contributed by atoms with Gasteiger partial charge in [-0.1, -0.05) is 41.9 Å². The van der Waals surface area contributed by atoms with E-state index in [1.54, 1.807) is 18.2 Å². The monoisotopic (exact) mass is 376 g/mol. The van der Waals surface area contributed by atoms with Gasteiger partial charge in [0.2, 0.25) is 5.76 Å². The smallest absolute Gasteiger partial charge is 0.294 e. The Morgan fingerprint density at radius 2 is 1.71 bits per heavy atom. The highest BCUT2D eigenvalue weighted by Crippen LogP contribution is 2.46. The number of benzene rings is 2. The summed E-state index contributed by atoms with van der Waals surface area (Å²) in [6.07, 6.45) is 5.21. The van der Waals surface area contributed by atoms with Gasteiger partial charge in [-0.25, -0.2) is 0 Å². The van der Waals surface area contributed by atoms with Crippen molar-refractivity contribution < 1.29 is 18.8 Å². The second-order valence-electron chi connectivity index (χ2n) is 7.23. The summed E-state index contributed by atoms with van der Waals surface area (Å²) in [7, 11) is 0. The van der Waals surface area contributed by atoms with E-state index in [0.29, 0.717) is 17.1 Å². The van der Waals surface area contributed by atoms with Crippen molar-refractivity contribution >= 4 is 11.6 Å². The van der Waals surface area contributed by atoms with Gasteiger partial charge in [-0.05, 0) is 25.0 Å². The molecule has 2 aromatic carbocycles. The average molecular weight is 376 g/mol. The number of nitrogens with zero attached hydrogens (tertiary/aromatic N) is 1. The lowest BCUT2D eigenvalue weighted by Crippen LogP contribution is -2.40. The van der Waals surface area contributed by atoms with Crippen molar-refractivity contribution in [3.8, 4) is 22.8 Å². The summed E-state index contributed by atoms with van der Waals surface area (Å²) in [5.74, 6) is 0.660. The average Bonchev–Trinajstić information content (AvgIpc) is 3.34. The third-order valence-electron chi connectivity index (χ3n) is 5.21. The number of hydrogen-bond donors (Lipinski definition) is 1. The zero-order valence-electron chi connectivity index (χ0n) is 15.3. The molecule has 28 heavy (non-hydrogen) atoms. The molecule has 1 aliphatic heterocycles. The number of aromatic nitrogens is 1. The van der Waals surface area contributed by atoms with E-state index in [0.717, 1.165) is 37.0 Å². The summed E-state index contributed by atoms with van der Waals surface area (Å²) in [5, 5.41) is 6.82. The lowest BCUT2D eigenvalue weighted by Gasteiger charge is -2.31. The Kier molecular flexibility index (Phi) is 4.04. The lowest BCUT2D eigenvalue weighted by molar-refractivity contribution is -0.105. The Labute approximate surface area is 162 Å². The van der Waals surface area contributed by atoms with E-state index in [9.17, 15) is 4.79 Å². The van der Waals surface area contributed by atoms with Gasteiger partial charge >= 0.3 is 0 Å². The molecular formula is C22H20N2O4. The minimum absolute atomic E-state index is 0.153. The molecule has 1 spiro atoms. The fourth-order valence-corrected chi connectivity index (χ4v) is 3.79. The van der Waals surface area contributed by atoms with E-state index >= 15 is 0 Å². The van der Waals surface area contributed by atoms with Crippen LogP contribution in [0.15, 0.2) is 59.1 Å². The van der Waals surface area contributed by atoms with Crippen molar-refractivity contribution in [3.63, 3.8) is 0 Å². The minimum atomic E-state index is -0.529. The lowest BCUT2D eigenvalue weighted by atomic mass is 9.94. The predicted octanol–water partition coefficient (Wildman–Crippen LogP) is 5.03. The molecule has 142 valence electrons. The van der Waals surface area contributed by atoms with Crippen molar-refractivity contribution in [2.24, 2.45) is 0 Å². The number of carbonyl (C=O) groups is 1. The molecule has 1 N–H and O–H groups in total. The fourth-order valence-electron chi connectivity index (χ4n) is 3.79. The predicted molar refractivity (Wildman–Crippen MR) is 103 cm³/mol. The van der Waals surface area contributed by atoms with E-state index < -0.39 is 5.79 Å². The van der Waals surface area contributed by atoms with Crippen LogP contribution in [0, 0.1) is 0 Å². The highest BCUT2D eigenvalue weighted by molar-refractivity contribution is 6.02. The normalized spacial score (nSPS) is 16.9. The largest absolute Gasteiger partial charge is 0.448 e. The number of anilines is 1. The van der Waals surface area contributed by atoms with Gasteiger partial charge in [-0.3, -0.25) is 4.79 Å². The molecule has 0 bridgehead atoms. The van der Waals surface area contributed by atoms with Gasteiger partial charge in [-0.2, -0.15) is 0 Å². The third-order valence-corrected chi connectivity index (χ3v) is 5.21. The number of carbonyl (C=O) groups excluding carboxylic acids is 1. The van der Waals surface area contributed by atoms with Crippen molar-refractivity contribution in [2.45, 2.75) is 37.9 Å². The molecule has 0 radical (unpaired) electrons. The molecule has 0 atom stereocenters. The Hall–Kier alpha value is -3.28. The van der Waals surface area contributed by atoms with Gasteiger partial charge in [0.15, 0.2) is 11.5 Å².